The van der Waals surface area contributed by atoms with E-state index in [0.29, 0.717) is 11.5 Å². The summed E-state index contributed by atoms with van der Waals surface area (Å²) in [4.78, 5) is 26.2. The van der Waals surface area contributed by atoms with Gasteiger partial charge in [0.05, 0.1) is 62.8 Å². The van der Waals surface area contributed by atoms with Crippen LogP contribution in [0.2, 0.25) is 10.0 Å². The molecular weight excluding hydrogens is 879 g/mol. The summed E-state index contributed by atoms with van der Waals surface area (Å²) >= 11 is 11.7. The SMILES string of the molecule is O=S(=O)(Cl)c1ccccc1Cl.O=S(=O)(c1ccccc1Cl)N1Cc2ncnc(Nc3cnc4ccccc4c3)c2C1.c1ccc2ncc(Nc3ncnc4c3CNC4)cc2c1. The molecule has 4 aromatic carbocycles. The van der Waals surface area contributed by atoms with Crippen molar-refractivity contribution in [2.75, 3.05) is 10.6 Å². The molecule has 0 bridgehead atoms. The van der Waals surface area contributed by atoms with Gasteiger partial charge in [0, 0.05) is 52.2 Å². The molecule has 0 unspecified atom stereocenters. The highest BCUT2D eigenvalue weighted by molar-refractivity contribution is 8.13. The van der Waals surface area contributed by atoms with Gasteiger partial charge < -0.3 is 16.0 Å². The molecule has 14 nitrogen and oxygen atoms in total. The maximum Gasteiger partial charge on any atom is 0.262 e. The van der Waals surface area contributed by atoms with Crippen molar-refractivity contribution in [2.45, 2.75) is 36.0 Å². The number of para-hydroxylation sites is 2. The number of aromatic nitrogens is 6. The van der Waals surface area contributed by atoms with Crippen LogP contribution in [0.3, 0.4) is 0 Å². The molecule has 308 valence electrons. The molecule has 0 fully saturated rings. The van der Waals surface area contributed by atoms with E-state index in [1.807, 2.05) is 54.7 Å². The molecule has 0 spiro atoms. The molecule has 6 heterocycles. The van der Waals surface area contributed by atoms with Gasteiger partial charge in [-0.1, -0.05) is 83.9 Å². The Balaban J connectivity index is 0.000000142. The second-order valence-electron chi connectivity index (χ2n) is 13.6. The summed E-state index contributed by atoms with van der Waals surface area (Å²) in [5.74, 6) is 1.42. The fourth-order valence-corrected chi connectivity index (χ4v) is 9.98. The summed E-state index contributed by atoms with van der Waals surface area (Å²) in [6.45, 7) is 1.94. The van der Waals surface area contributed by atoms with Gasteiger partial charge in [-0.3, -0.25) is 9.97 Å². The van der Waals surface area contributed by atoms with Gasteiger partial charge in [-0.15, -0.1) is 0 Å². The molecule has 2 aliphatic rings. The van der Waals surface area contributed by atoms with Crippen molar-refractivity contribution in [1.82, 2.24) is 39.5 Å². The first-order valence-electron chi connectivity index (χ1n) is 18.5. The van der Waals surface area contributed by atoms with Crippen LogP contribution in [-0.2, 0) is 45.3 Å². The van der Waals surface area contributed by atoms with Crippen LogP contribution in [0.4, 0.5) is 23.0 Å². The summed E-state index contributed by atoms with van der Waals surface area (Å²) in [5.41, 5.74) is 7.20. The van der Waals surface area contributed by atoms with Crippen molar-refractivity contribution >= 4 is 97.8 Å². The maximum absolute atomic E-state index is 13.1. The second-order valence-corrected chi connectivity index (χ2v) is 18.8. The fourth-order valence-electron chi connectivity index (χ4n) is 6.62. The third-order valence-corrected chi connectivity index (χ3v) is 13.7. The molecule has 61 heavy (non-hydrogen) atoms. The smallest absolute Gasteiger partial charge is 0.262 e. The molecule has 0 saturated heterocycles. The molecule has 0 radical (unpaired) electrons. The van der Waals surface area contributed by atoms with Crippen LogP contribution in [0.25, 0.3) is 21.8 Å². The Labute approximate surface area is 365 Å². The summed E-state index contributed by atoms with van der Waals surface area (Å²) in [5, 5.41) is 12.3. The zero-order chi connectivity index (χ0) is 42.6. The van der Waals surface area contributed by atoms with Crippen molar-refractivity contribution in [3.8, 4) is 0 Å². The Hall–Kier alpha value is -5.85. The lowest BCUT2D eigenvalue weighted by molar-refractivity contribution is 0.430. The molecule has 19 heteroatoms. The molecule has 4 aromatic heterocycles. The van der Waals surface area contributed by atoms with Crippen molar-refractivity contribution in [2.24, 2.45) is 0 Å². The highest BCUT2D eigenvalue weighted by atomic mass is 35.7. The zero-order valence-electron chi connectivity index (χ0n) is 31.7. The van der Waals surface area contributed by atoms with Gasteiger partial charge in [-0.25, -0.2) is 36.8 Å². The first-order chi connectivity index (χ1) is 29.4. The van der Waals surface area contributed by atoms with Crippen molar-refractivity contribution in [3.63, 3.8) is 0 Å². The van der Waals surface area contributed by atoms with Gasteiger partial charge in [0.15, 0.2) is 0 Å². The molecule has 3 N–H and O–H groups in total. The molecule has 0 aliphatic carbocycles. The number of nitrogens with zero attached hydrogens (tertiary/aromatic N) is 7. The number of benzene rings is 4. The quantitative estimate of drug-likeness (QED) is 0.129. The lowest BCUT2D eigenvalue weighted by atomic mass is 10.2. The predicted octanol–water partition coefficient (Wildman–Crippen LogP) is 8.77. The van der Waals surface area contributed by atoms with Crippen LogP contribution >= 0.6 is 33.9 Å². The minimum Gasteiger partial charge on any atom is -0.339 e. The van der Waals surface area contributed by atoms with Crippen molar-refractivity contribution in [3.05, 3.63) is 167 Å². The zero-order valence-corrected chi connectivity index (χ0v) is 35.6. The highest BCUT2D eigenvalue weighted by Gasteiger charge is 2.34. The number of halogens is 3. The standard InChI is InChI=1S/C21H16ClN5O2S.C15H13N5.C6H4Cl2O2S/c22-17-6-2-4-8-20(17)30(28,29)27-11-16-19(12-27)24-13-25-21(16)26-15-9-14-5-1-3-7-18(14)23-10-15;1-2-4-13-10(3-1)5-11(6-17-13)20-15-12-7-16-8-14(12)18-9-19-15;7-5-3-1-2-4-6(5)11(8,9)10/h1-10,13H,11-12H2,(H,24,25,26);1-6,9,16H,7-8H2,(H,18,19,20);1-4H. The Morgan fingerprint density at radius 2 is 1.07 bits per heavy atom. The summed E-state index contributed by atoms with van der Waals surface area (Å²) in [6.07, 6.45) is 6.59. The first kappa shape index (κ1) is 41.9. The van der Waals surface area contributed by atoms with Gasteiger partial charge in [0.2, 0.25) is 10.0 Å². The number of hydrogen-bond acceptors (Lipinski definition) is 13. The molecule has 10 rings (SSSR count). The maximum atomic E-state index is 13.1. The largest absolute Gasteiger partial charge is 0.339 e. The van der Waals surface area contributed by atoms with E-state index >= 15 is 0 Å². The normalized spacial score (nSPS) is 13.4. The summed E-state index contributed by atoms with van der Waals surface area (Å²) < 4.78 is 49.0. The van der Waals surface area contributed by atoms with Crippen molar-refractivity contribution < 1.29 is 16.8 Å². The first-order valence-corrected chi connectivity index (χ1v) is 23.0. The van der Waals surface area contributed by atoms with Gasteiger partial charge in [-0.2, -0.15) is 4.31 Å². The second kappa shape index (κ2) is 18.0. The molecule has 2 aliphatic heterocycles. The number of nitrogens with one attached hydrogen (secondary N) is 3. The summed E-state index contributed by atoms with van der Waals surface area (Å²) in [7, 11) is -2.40. The van der Waals surface area contributed by atoms with E-state index < -0.39 is 19.1 Å². The van der Waals surface area contributed by atoms with E-state index in [-0.39, 0.29) is 32.9 Å². The number of sulfonamides is 1. The van der Waals surface area contributed by atoms with Gasteiger partial charge in [0.1, 0.15) is 34.1 Å². The Kier molecular flexibility index (Phi) is 12.4. The van der Waals surface area contributed by atoms with E-state index in [1.54, 1.807) is 42.9 Å². The highest BCUT2D eigenvalue weighted by Crippen LogP contribution is 2.34. The van der Waals surface area contributed by atoms with Crippen molar-refractivity contribution in [1.29, 1.82) is 0 Å². The molecular formula is C42H33Cl3N10O4S2. The Morgan fingerprint density at radius 1 is 0.557 bits per heavy atom. The lowest BCUT2D eigenvalue weighted by Gasteiger charge is -2.16. The van der Waals surface area contributed by atoms with E-state index in [9.17, 15) is 16.8 Å². The number of fused-ring (bicyclic) bond motifs is 4. The molecule has 0 atom stereocenters. The van der Waals surface area contributed by atoms with E-state index in [1.165, 1.54) is 28.8 Å². The van der Waals surface area contributed by atoms with Gasteiger partial charge in [-0.05, 0) is 48.5 Å². The molecule has 8 aromatic rings. The lowest BCUT2D eigenvalue weighted by Crippen LogP contribution is -2.26. The van der Waals surface area contributed by atoms with E-state index in [4.69, 9.17) is 33.9 Å². The predicted molar refractivity (Wildman–Crippen MR) is 237 cm³/mol. The fraction of sp³-hybridized carbons (Fsp3) is 0.0952. The number of anilines is 4. The van der Waals surface area contributed by atoms with Crippen LogP contribution < -0.4 is 16.0 Å². The Morgan fingerprint density at radius 3 is 1.62 bits per heavy atom. The van der Waals surface area contributed by atoms with Gasteiger partial charge >= 0.3 is 0 Å². The minimum absolute atomic E-state index is 0.0525. The number of hydrogen-bond donors (Lipinski definition) is 3. The van der Waals surface area contributed by atoms with Crippen LogP contribution in [-0.4, -0.2) is 51.0 Å². The third-order valence-electron chi connectivity index (χ3n) is 9.58. The average Bonchev–Trinajstić information content (AvgIpc) is 3.94. The number of pyridine rings is 2. The van der Waals surface area contributed by atoms with Crippen LogP contribution in [0.1, 0.15) is 22.5 Å². The molecule has 0 saturated carbocycles. The van der Waals surface area contributed by atoms with Crippen LogP contribution in [0.15, 0.2) is 144 Å². The summed E-state index contributed by atoms with van der Waals surface area (Å²) in [6, 6.07) is 32.4. The third kappa shape index (κ3) is 9.55. The monoisotopic (exact) mass is 910 g/mol. The van der Waals surface area contributed by atoms with Gasteiger partial charge in [0.25, 0.3) is 9.05 Å². The number of rotatable bonds is 7. The minimum atomic E-state index is -3.76. The van der Waals surface area contributed by atoms with Crippen LogP contribution in [0.5, 0.6) is 0 Å². The van der Waals surface area contributed by atoms with E-state index in [0.717, 1.165) is 68.9 Å². The van der Waals surface area contributed by atoms with E-state index in [2.05, 4.69) is 58.0 Å². The average molecular weight is 912 g/mol. The van der Waals surface area contributed by atoms with Crippen LogP contribution in [0, 0.1) is 0 Å². The molecule has 0 amide bonds. The topological polar surface area (TPSA) is 185 Å². The Bertz CT molecular complexity index is 3150.